The van der Waals surface area contributed by atoms with E-state index in [1.807, 2.05) is 20.8 Å². The Labute approximate surface area is 154 Å². The Hall–Kier alpha value is -2.19. The van der Waals surface area contributed by atoms with Gasteiger partial charge in [-0.25, -0.2) is 22.8 Å². The van der Waals surface area contributed by atoms with E-state index in [1.54, 1.807) is 19.1 Å². The van der Waals surface area contributed by atoms with Gasteiger partial charge in [0.2, 0.25) is 10.0 Å². The summed E-state index contributed by atoms with van der Waals surface area (Å²) in [4.78, 5) is 25.3. The van der Waals surface area contributed by atoms with Gasteiger partial charge in [0.1, 0.15) is 6.61 Å². The molecular formula is C18H24N2O5S. The lowest BCUT2D eigenvalue weighted by molar-refractivity contribution is -0.124. The highest BCUT2D eigenvalue weighted by Gasteiger charge is 2.38. The van der Waals surface area contributed by atoms with E-state index in [0.29, 0.717) is 0 Å². The van der Waals surface area contributed by atoms with Gasteiger partial charge in [-0.2, -0.15) is 0 Å². The maximum atomic E-state index is 12.3. The van der Waals surface area contributed by atoms with Gasteiger partial charge in [-0.15, -0.1) is 0 Å². The normalized spacial score (nSPS) is 19.2. The van der Waals surface area contributed by atoms with Crippen LogP contribution in [0.1, 0.15) is 26.3 Å². The molecule has 2 rings (SSSR count). The van der Waals surface area contributed by atoms with Crippen LogP contribution in [0.5, 0.6) is 0 Å². The lowest BCUT2D eigenvalue weighted by Crippen LogP contribution is -2.41. The summed E-state index contributed by atoms with van der Waals surface area (Å²) in [5, 5.41) is 0. The molecule has 0 aliphatic carbocycles. The molecule has 0 saturated carbocycles. The topological polar surface area (TPSA) is 92.8 Å². The van der Waals surface area contributed by atoms with Gasteiger partial charge in [0.05, 0.1) is 10.9 Å². The van der Waals surface area contributed by atoms with Gasteiger partial charge in [-0.1, -0.05) is 37.6 Å². The summed E-state index contributed by atoms with van der Waals surface area (Å²) >= 11 is 0. The molecule has 1 heterocycles. The Morgan fingerprint density at radius 1 is 1.27 bits per heavy atom. The minimum absolute atomic E-state index is 0.0660. The standard InChI is InChI=1S/C18H24N2O5S/c1-12(2)16-11-25-18(22)20(16)17(21)10-7-14(4)19-26(23,24)15-8-5-13(3)6-9-15/h5-10,12,14,16,19H,11H2,1-4H3/b10-7+/t14-,16+/m0/s1. The van der Waals surface area contributed by atoms with Gasteiger partial charge < -0.3 is 4.74 Å². The predicted molar refractivity (Wildman–Crippen MR) is 96.9 cm³/mol. The van der Waals surface area contributed by atoms with Crippen molar-refractivity contribution in [2.24, 2.45) is 5.92 Å². The number of hydrogen-bond acceptors (Lipinski definition) is 5. The molecule has 0 spiro atoms. The largest absolute Gasteiger partial charge is 0.447 e. The zero-order chi connectivity index (χ0) is 19.5. The maximum Gasteiger partial charge on any atom is 0.417 e. The first kappa shape index (κ1) is 20.1. The molecule has 1 aromatic rings. The van der Waals surface area contributed by atoms with Gasteiger partial charge in [0.25, 0.3) is 5.91 Å². The third-order valence-electron chi connectivity index (χ3n) is 4.11. The van der Waals surface area contributed by atoms with Gasteiger partial charge in [-0.3, -0.25) is 4.79 Å². The minimum atomic E-state index is -3.70. The third kappa shape index (κ3) is 4.70. The molecule has 2 atom stereocenters. The van der Waals surface area contributed by atoms with Crippen LogP contribution >= 0.6 is 0 Å². The minimum Gasteiger partial charge on any atom is -0.447 e. The fourth-order valence-electron chi connectivity index (χ4n) is 2.56. The van der Waals surface area contributed by atoms with E-state index in [4.69, 9.17) is 4.74 Å². The predicted octanol–water partition coefficient (Wildman–Crippen LogP) is 2.22. The smallest absolute Gasteiger partial charge is 0.417 e. The van der Waals surface area contributed by atoms with Crippen LogP contribution in [0.4, 0.5) is 4.79 Å². The van der Waals surface area contributed by atoms with E-state index in [9.17, 15) is 18.0 Å². The Morgan fingerprint density at radius 2 is 1.88 bits per heavy atom. The number of imide groups is 1. The number of ether oxygens (including phenoxy) is 1. The highest BCUT2D eigenvalue weighted by molar-refractivity contribution is 7.89. The van der Waals surface area contributed by atoms with Crippen LogP contribution in [0, 0.1) is 12.8 Å². The van der Waals surface area contributed by atoms with E-state index in [-0.39, 0.29) is 23.5 Å². The fourth-order valence-corrected chi connectivity index (χ4v) is 3.76. The van der Waals surface area contributed by atoms with Crippen molar-refractivity contribution in [3.8, 4) is 0 Å². The number of cyclic esters (lactones) is 1. The second-order valence-electron chi connectivity index (χ2n) is 6.68. The van der Waals surface area contributed by atoms with Gasteiger partial charge in [-0.05, 0) is 31.9 Å². The molecule has 0 aromatic heterocycles. The number of benzene rings is 1. The number of aryl methyl sites for hydroxylation is 1. The quantitative estimate of drug-likeness (QED) is 0.764. The Bertz CT molecular complexity index is 799. The summed E-state index contributed by atoms with van der Waals surface area (Å²) in [5.41, 5.74) is 0.958. The lowest BCUT2D eigenvalue weighted by atomic mass is 10.0. The van der Waals surface area contributed by atoms with E-state index in [0.717, 1.165) is 10.5 Å². The van der Waals surface area contributed by atoms with Crippen molar-refractivity contribution in [3.63, 3.8) is 0 Å². The summed E-state index contributed by atoms with van der Waals surface area (Å²) < 4.78 is 32.1. The molecule has 1 aliphatic rings. The molecule has 142 valence electrons. The molecule has 1 fully saturated rings. The summed E-state index contributed by atoms with van der Waals surface area (Å²) in [6.07, 6.45) is 1.94. The van der Waals surface area contributed by atoms with Crippen LogP contribution < -0.4 is 4.72 Å². The van der Waals surface area contributed by atoms with Crippen LogP contribution in [0.2, 0.25) is 0 Å². The molecule has 0 radical (unpaired) electrons. The molecular weight excluding hydrogens is 356 g/mol. The van der Waals surface area contributed by atoms with Crippen LogP contribution in [0.3, 0.4) is 0 Å². The zero-order valence-electron chi connectivity index (χ0n) is 15.3. The molecule has 1 aromatic carbocycles. The summed E-state index contributed by atoms with van der Waals surface area (Å²) in [6, 6.07) is 5.52. The van der Waals surface area contributed by atoms with Crippen molar-refractivity contribution in [3.05, 3.63) is 42.0 Å². The maximum absolute atomic E-state index is 12.3. The Balaban J connectivity index is 2.04. The zero-order valence-corrected chi connectivity index (χ0v) is 16.1. The molecule has 0 unspecified atom stereocenters. The summed E-state index contributed by atoms with van der Waals surface area (Å²) in [7, 11) is -3.70. The highest BCUT2D eigenvalue weighted by atomic mass is 32.2. The highest BCUT2D eigenvalue weighted by Crippen LogP contribution is 2.20. The van der Waals surface area contributed by atoms with Crippen molar-refractivity contribution in [2.45, 2.75) is 44.7 Å². The molecule has 1 saturated heterocycles. The number of rotatable bonds is 6. The number of carbonyl (C=O) groups is 2. The van der Waals surface area contributed by atoms with Crippen LogP contribution in [-0.4, -0.2) is 44.0 Å². The van der Waals surface area contributed by atoms with Gasteiger partial charge in [0, 0.05) is 12.1 Å². The number of amides is 2. The lowest BCUT2D eigenvalue weighted by Gasteiger charge is -2.21. The molecule has 2 amide bonds. The number of nitrogens with one attached hydrogen (secondary N) is 1. The first-order valence-electron chi connectivity index (χ1n) is 8.39. The number of nitrogens with zero attached hydrogens (tertiary/aromatic N) is 1. The van der Waals surface area contributed by atoms with Crippen molar-refractivity contribution >= 4 is 22.0 Å². The third-order valence-corrected chi connectivity index (χ3v) is 5.69. The average molecular weight is 380 g/mol. The van der Waals surface area contributed by atoms with Crippen molar-refractivity contribution < 1.29 is 22.7 Å². The Morgan fingerprint density at radius 3 is 2.46 bits per heavy atom. The number of sulfonamides is 1. The SMILES string of the molecule is Cc1ccc(S(=O)(=O)N[C@@H](C)/C=C/C(=O)N2C(=O)OC[C@@H]2C(C)C)cc1. The van der Waals surface area contributed by atoms with Crippen molar-refractivity contribution in [1.29, 1.82) is 0 Å². The van der Waals surface area contributed by atoms with E-state index < -0.39 is 28.1 Å². The molecule has 7 nitrogen and oxygen atoms in total. The first-order valence-corrected chi connectivity index (χ1v) is 9.87. The van der Waals surface area contributed by atoms with E-state index >= 15 is 0 Å². The summed E-state index contributed by atoms with van der Waals surface area (Å²) in [6.45, 7) is 7.45. The summed E-state index contributed by atoms with van der Waals surface area (Å²) in [5.74, 6) is -0.455. The molecule has 1 aliphatic heterocycles. The van der Waals surface area contributed by atoms with Crippen molar-refractivity contribution in [2.75, 3.05) is 6.61 Å². The molecule has 0 bridgehead atoms. The van der Waals surface area contributed by atoms with E-state index in [2.05, 4.69) is 4.72 Å². The average Bonchev–Trinajstić information content (AvgIpc) is 2.94. The molecule has 8 heteroatoms. The second kappa shape index (κ2) is 8.01. The van der Waals surface area contributed by atoms with Gasteiger partial charge >= 0.3 is 6.09 Å². The van der Waals surface area contributed by atoms with E-state index in [1.165, 1.54) is 24.3 Å². The fraction of sp³-hybridized carbons (Fsp3) is 0.444. The first-order chi connectivity index (χ1) is 12.1. The monoisotopic (exact) mass is 380 g/mol. The molecule has 1 N–H and O–H groups in total. The molecule has 26 heavy (non-hydrogen) atoms. The Kier molecular flexibility index (Phi) is 6.20. The van der Waals surface area contributed by atoms with Gasteiger partial charge in [0.15, 0.2) is 0 Å². The van der Waals surface area contributed by atoms with Crippen LogP contribution in [0.25, 0.3) is 0 Å². The number of hydrogen-bond donors (Lipinski definition) is 1. The van der Waals surface area contributed by atoms with Crippen molar-refractivity contribution in [1.82, 2.24) is 9.62 Å². The van der Waals surface area contributed by atoms with Crippen LogP contribution in [-0.2, 0) is 19.6 Å². The second-order valence-corrected chi connectivity index (χ2v) is 8.39. The van der Waals surface area contributed by atoms with Crippen LogP contribution in [0.15, 0.2) is 41.3 Å². The number of carbonyl (C=O) groups excluding carboxylic acids is 2.